The second-order valence-corrected chi connectivity index (χ2v) is 6.75. The third kappa shape index (κ3) is 5.51. The van der Waals surface area contributed by atoms with Crippen molar-refractivity contribution in [2.24, 2.45) is 5.73 Å². The molecule has 0 fully saturated rings. The summed E-state index contributed by atoms with van der Waals surface area (Å²) in [5.74, 6) is -0.379. The molecule has 0 atom stereocenters. The molecule has 0 spiro atoms. The molecule has 146 valence electrons. The van der Waals surface area contributed by atoms with E-state index in [1.165, 1.54) is 11.3 Å². The number of carbonyl (C=O) groups excluding carboxylic acids is 1. The van der Waals surface area contributed by atoms with Gasteiger partial charge in [0.2, 0.25) is 5.91 Å². The van der Waals surface area contributed by atoms with Gasteiger partial charge in [-0.2, -0.15) is 0 Å². The summed E-state index contributed by atoms with van der Waals surface area (Å²) < 4.78 is 0. The molecule has 0 aliphatic carbocycles. The Morgan fingerprint density at radius 2 is 1.46 bits per heavy atom. The van der Waals surface area contributed by atoms with Crippen LogP contribution < -0.4 is 21.7 Å². The molecule has 0 heterocycles. The Hall–Kier alpha value is -3.47. The monoisotopic (exact) mass is 376 g/mol. The van der Waals surface area contributed by atoms with E-state index in [0.717, 1.165) is 22.6 Å². The fourth-order valence-corrected chi connectivity index (χ4v) is 2.58. The molecule has 0 bridgehead atoms. The quantitative estimate of drug-likeness (QED) is 0.586. The molecular weight excluding hydrogens is 348 g/mol. The summed E-state index contributed by atoms with van der Waals surface area (Å²) >= 11 is 0. The summed E-state index contributed by atoms with van der Waals surface area (Å²) in [4.78, 5) is 12.5. The molecule has 3 aromatic carbocycles. The van der Waals surface area contributed by atoms with Crippen molar-refractivity contribution < 1.29 is 4.79 Å². The van der Waals surface area contributed by atoms with Crippen LogP contribution in [0.5, 0.6) is 0 Å². The number of nitrogen functional groups attached to an aromatic ring is 1. The zero-order valence-electron chi connectivity index (χ0n) is 16.9. The van der Waals surface area contributed by atoms with Crippen molar-refractivity contribution in [1.82, 2.24) is 0 Å². The molecule has 5 heteroatoms. The lowest BCUT2D eigenvalue weighted by Gasteiger charge is -2.15. The molecule has 5 nitrogen and oxygen atoms in total. The summed E-state index contributed by atoms with van der Waals surface area (Å²) in [6, 6.07) is 21.1. The maximum Gasteiger partial charge on any atom is 0.248 e. The van der Waals surface area contributed by atoms with Gasteiger partial charge in [0, 0.05) is 42.4 Å². The van der Waals surface area contributed by atoms with Crippen molar-refractivity contribution in [1.29, 1.82) is 0 Å². The first-order valence-corrected chi connectivity index (χ1v) is 9.04. The van der Waals surface area contributed by atoms with Gasteiger partial charge < -0.3 is 21.7 Å². The molecule has 3 rings (SSSR count). The first-order valence-electron chi connectivity index (χ1n) is 9.04. The number of benzene rings is 3. The van der Waals surface area contributed by atoms with Gasteiger partial charge in [-0.3, -0.25) is 4.79 Å². The minimum absolute atomic E-state index is 0.379. The van der Waals surface area contributed by atoms with Crippen molar-refractivity contribution in [3.05, 3.63) is 83.4 Å². The number of hydrogen-bond acceptors (Lipinski definition) is 4. The Labute approximate surface area is 167 Å². The number of amides is 1. The number of nitrogens with two attached hydrogens (primary N) is 2. The summed E-state index contributed by atoms with van der Waals surface area (Å²) in [6.45, 7) is 4.13. The third-order valence-corrected chi connectivity index (χ3v) is 4.55. The number of nitrogens with zero attached hydrogens (tertiary/aromatic N) is 1. The van der Waals surface area contributed by atoms with E-state index in [4.69, 9.17) is 11.5 Å². The van der Waals surface area contributed by atoms with E-state index < -0.39 is 0 Å². The number of anilines is 4. The maximum absolute atomic E-state index is 10.4. The van der Waals surface area contributed by atoms with Gasteiger partial charge >= 0.3 is 0 Å². The van der Waals surface area contributed by atoms with Crippen molar-refractivity contribution in [2.45, 2.75) is 13.8 Å². The molecule has 5 N–H and O–H groups in total. The second-order valence-electron chi connectivity index (χ2n) is 6.75. The van der Waals surface area contributed by atoms with Gasteiger partial charge in [-0.25, -0.2) is 0 Å². The Morgan fingerprint density at radius 3 is 1.96 bits per heavy atom. The van der Waals surface area contributed by atoms with E-state index in [9.17, 15) is 4.79 Å². The number of carbonyl (C=O) groups is 1. The van der Waals surface area contributed by atoms with Crippen LogP contribution in [0.25, 0.3) is 0 Å². The Bertz CT molecular complexity index is 919. The van der Waals surface area contributed by atoms with Crippen LogP contribution in [0.15, 0.2) is 66.7 Å². The highest BCUT2D eigenvalue weighted by Crippen LogP contribution is 2.27. The van der Waals surface area contributed by atoms with E-state index in [1.54, 1.807) is 24.3 Å². The van der Waals surface area contributed by atoms with Gasteiger partial charge in [0.1, 0.15) is 0 Å². The highest BCUT2D eigenvalue weighted by atomic mass is 16.1. The Kier molecular flexibility index (Phi) is 7.04. The Balaban J connectivity index is 0.000000261. The standard InChI is InChI=1S/C16H21N3.C7H7NO/c1-11-12(2)16(10-9-15(11)17)18-13-5-7-14(8-6-13)19(3)4;8-7(9)6-4-2-1-3-5-6/h5-10,18H,17H2,1-4H3;1-5H,(H2,8,9). The van der Waals surface area contributed by atoms with Gasteiger partial charge in [0.05, 0.1) is 0 Å². The number of primary amides is 1. The van der Waals surface area contributed by atoms with E-state index in [1.807, 2.05) is 39.2 Å². The smallest absolute Gasteiger partial charge is 0.248 e. The van der Waals surface area contributed by atoms with Crippen LogP contribution in [-0.2, 0) is 0 Å². The third-order valence-electron chi connectivity index (χ3n) is 4.55. The Morgan fingerprint density at radius 1 is 0.857 bits per heavy atom. The molecule has 0 aromatic heterocycles. The summed E-state index contributed by atoms with van der Waals surface area (Å²) in [6.07, 6.45) is 0. The fourth-order valence-electron chi connectivity index (χ4n) is 2.58. The lowest BCUT2D eigenvalue weighted by atomic mass is 10.1. The molecule has 1 amide bonds. The number of nitrogens with one attached hydrogen (secondary N) is 1. The SMILES string of the molecule is Cc1c(N)ccc(Nc2ccc(N(C)C)cc2)c1C.NC(=O)c1ccccc1. The van der Waals surface area contributed by atoms with Gasteiger partial charge in [0.15, 0.2) is 0 Å². The van der Waals surface area contributed by atoms with Gasteiger partial charge in [-0.1, -0.05) is 18.2 Å². The minimum Gasteiger partial charge on any atom is -0.399 e. The van der Waals surface area contributed by atoms with E-state index in [0.29, 0.717) is 5.56 Å². The van der Waals surface area contributed by atoms with Crippen LogP contribution in [0.3, 0.4) is 0 Å². The maximum atomic E-state index is 10.4. The minimum atomic E-state index is -0.379. The van der Waals surface area contributed by atoms with Gasteiger partial charge in [0.25, 0.3) is 0 Å². The molecule has 0 saturated carbocycles. The van der Waals surface area contributed by atoms with Crippen LogP contribution in [0.1, 0.15) is 21.5 Å². The average Bonchev–Trinajstić information content (AvgIpc) is 2.70. The lowest BCUT2D eigenvalue weighted by molar-refractivity contribution is 0.100. The number of hydrogen-bond donors (Lipinski definition) is 3. The van der Waals surface area contributed by atoms with Crippen LogP contribution in [0.2, 0.25) is 0 Å². The summed E-state index contributed by atoms with van der Waals surface area (Å²) in [5.41, 5.74) is 18.0. The predicted octanol–water partition coefficient (Wildman–Crippen LogP) is 4.48. The second kappa shape index (κ2) is 9.46. The zero-order chi connectivity index (χ0) is 20.7. The first-order chi connectivity index (χ1) is 13.3. The van der Waals surface area contributed by atoms with Crippen molar-refractivity contribution >= 4 is 28.7 Å². The molecule has 0 aliphatic heterocycles. The number of rotatable bonds is 4. The van der Waals surface area contributed by atoms with Crippen LogP contribution >= 0.6 is 0 Å². The van der Waals surface area contributed by atoms with Gasteiger partial charge in [-0.15, -0.1) is 0 Å². The van der Waals surface area contributed by atoms with Crippen molar-refractivity contribution in [3.63, 3.8) is 0 Å². The highest BCUT2D eigenvalue weighted by Gasteiger charge is 2.04. The zero-order valence-corrected chi connectivity index (χ0v) is 16.9. The highest BCUT2D eigenvalue weighted by molar-refractivity contribution is 5.92. The molecule has 0 aliphatic rings. The normalized spacial score (nSPS) is 9.86. The summed E-state index contributed by atoms with van der Waals surface area (Å²) in [7, 11) is 4.08. The molecular formula is C23H28N4O. The van der Waals surface area contributed by atoms with Crippen molar-refractivity contribution in [2.75, 3.05) is 30.0 Å². The molecule has 0 unspecified atom stereocenters. The fraction of sp³-hybridized carbons (Fsp3) is 0.174. The van der Waals surface area contributed by atoms with Crippen LogP contribution in [-0.4, -0.2) is 20.0 Å². The average molecular weight is 377 g/mol. The van der Waals surface area contributed by atoms with E-state index in [2.05, 4.69) is 41.4 Å². The van der Waals surface area contributed by atoms with E-state index in [-0.39, 0.29) is 5.91 Å². The topological polar surface area (TPSA) is 84.4 Å². The molecule has 28 heavy (non-hydrogen) atoms. The largest absolute Gasteiger partial charge is 0.399 e. The summed E-state index contributed by atoms with van der Waals surface area (Å²) in [5, 5.41) is 3.43. The van der Waals surface area contributed by atoms with Gasteiger partial charge in [-0.05, 0) is 73.5 Å². The van der Waals surface area contributed by atoms with E-state index >= 15 is 0 Å². The molecule has 3 aromatic rings. The van der Waals surface area contributed by atoms with Crippen LogP contribution in [0.4, 0.5) is 22.7 Å². The lowest BCUT2D eigenvalue weighted by Crippen LogP contribution is -2.09. The molecule has 0 radical (unpaired) electrons. The molecule has 0 saturated heterocycles. The van der Waals surface area contributed by atoms with Crippen LogP contribution in [0, 0.1) is 13.8 Å². The predicted molar refractivity (Wildman–Crippen MR) is 119 cm³/mol. The van der Waals surface area contributed by atoms with Crippen molar-refractivity contribution in [3.8, 4) is 0 Å². The first kappa shape index (κ1) is 20.8.